The summed E-state index contributed by atoms with van der Waals surface area (Å²) in [7, 11) is 0. The fourth-order valence-electron chi connectivity index (χ4n) is 6.11. The van der Waals surface area contributed by atoms with E-state index in [-0.39, 0.29) is 22.1 Å². The fraction of sp³-hybridized carbons (Fsp3) is 0.353. The highest BCUT2D eigenvalue weighted by atomic mass is 16.6. The third-order valence-corrected chi connectivity index (χ3v) is 8.68. The Hall–Kier alpha value is -4.50. The van der Waals surface area contributed by atoms with Gasteiger partial charge in [-0.05, 0) is 86.4 Å². The van der Waals surface area contributed by atoms with E-state index >= 15 is 0 Å². The average Bonchev–Trinajstić information content (AvgIpc) is 3.03. The average molecular weight is 580 g/mol. The number of benzene rings is 2. The molecule has 0 amide bonds. The molecule has 2 aliphatic rings. The maximum Gasteiger partial charge on any atom is 0.315 e. The van der Waals surface area contributed by atoms with Crippen molar-refractivity contribution in [3.8, 4) is 5.88 Å². The highest BCUT2D eigenvalue weighted by molar-refractivity contribution is 5.81. The summed E-state index contributed by atoms with van der Waals surface area (Å²) in [6.07, 6.45) is 5.91. The number of rotatable bonds is 8. The molecule has 0 radical (unpaired) electrons. The van der Waals surface area contributed by atoms with Crippen molar-refractivity contribution < 1.29 is 14.4 Å². The number of anilines is 3. The van der Waals surface area contributed by atoms with Crippen LogP contribution in [0.3, 0.4) is 0 Å². The number of pyridine rings is 2. The van der Waals surface area contributed by atoms with Crippen molar-refractivity contribution in [3.63, 3.8) is 0 Å². The lowest BCUT2D eigenvalue weighted by atomic mass is 9.73. The van der Waals surface area contributed by atoms with Crippen molar-refractivity contribution in [1.29, 1.82) is 0 Å². The number of nitro groups is 1. The number of piperidine rings is 1. The molecule has 4 heterocycles. The molecule has 43 heavy (non-hydrogen) atoms. The van der Waals surface area contributed by atoms with Crippen LogP contribution in [-0.4, -0.2) is 34.6 Å². The van der Waals surface area contributed by atoms with Gasteiger partial charge in [-0.2, -0.15) is 0 Å². The lowest BCUT2D eigenvalue weighted by Crippen LogP contribution is -2.44. The summed E-state index contributed by atoms with van der Waals surface area (Å²) in [6, 6.07) is 23.2. The van der Waals surface area contributed by atoms with Gasteiger partial charge in [0.05, 0.1) is 17.6 Å². The molecular formula is C34H37N5O4. The number of ether oxygens (including phenoxy) is 2. The maximum absolute atomic E-state index is 12.5. The standard InChI is InChI=1S/C34H37N5O4/c1-24-11-13-27(21-35-24)31-15-16-34(23-43-31)17-19-38(20-18-34)30-10-6-9-28(32(30)39(40)41)37-29-14-12-25(2)36-33(29)42-22-26-7-4-3-5-8-26/h3-14,21,31,37H,15-20,22-23H2,1-2H3. The normalized spacial score (nSPS) is 17.9. The van der Waals surface area contributed by atoms with Gasteiger partial charge >= 0.3 is 5.69 Å². The topological polar surface area (TPSA) is 103 Å². The van der Waals surface area contributed by atoms with Gasteiger partial charge in [0, 0.05) is 30.7 Å². The Morgan fingerprint density at radius 1 is 0.977 bits per heavy atom. The zero-order valence-corrected chi connectivity index (χ0v) is 24.7. The van der Waals surface area contributed by atoms with Crippen LogP contribution in [0.5, 0.6) is 5.88 Å². The minimum atomic E-state index is -0.294. The third kappa shape index (κ3) is 6.46. The minimum absolute atomic E-state index is 0.0554. The SMILES string of the molecule is Cc1ccc(C2CCC3(CCN(c4cccc(Nc5ccc(C)nc5OCc5ccccc5)c4[N+](=O)[O-])CC3)CO2)cn1. The lowest BCUT2D eigenvalue weighted by molar-refractivity contribution is -0.383. The summed E-state index contributed by atoms with van der Waals surface area (Å²) in [6.45, 7) is 6.40. The summed E-state index contributed by atoms with van der Waals surface area (Å²) in [5, 5.41) is 15.7. The van der Waals surface area contributed by atoms with E-state index in [2.05, 4.69) is 26.3 Å². The first kappa shape index (κ1) is 28.6. The fourth-order valence-corrected chi connectivity index (χ4v) is 6.11. The summed E-state index contributed by atoms with van der Waals surface area (Å²) >= 11 is 0. The highest BCUT2D eigenvalue weighted by Gasteiger charge is 2.40. The van der Waals surface area contributed by atoms with Crippen LogP contribution in [0, 0.1) is 29.4 Å². The molecule has 4 aromatic rings. The molecule has 6 rings (SSSR count). The summed E-state index contributed by atoms with van der Waals surface area (Å²) < 4.78 is 12.4. The van der Waals surface area contributed by atoms with E-state index in [1.807, 2.05) is 80.7 Å². The van der Waals surface area contributed by atoms with E-state index in [1.165, 1.54) is 0 Å². The summed E-state index contributed by atoms with van der Waals surface area (Å²) in [5.74, 6) is 0.403. The van der Waals surface area contributed by atoms with Gasteiger partial charge in [0.15, 0.2) is 0 Å². The maximum atomic E-state index is 12.5. The molecule has 1 unspecified atom stereocenters. The molecule has 2 fully saturated rings. The van der Waals surface area contributed by atoms with Crippen LogP contribution in [0.2, 0.25) is 0 Å². The largest absolute Gasteiger partial charge is 0.471 e. The Labute approximate surface area is 252 Å². The molecule has 0 aliphatic carbocycles. The van der Waals surface area contributed by atoms with Crippen LogP contribution in [0.4, 0.5) is 22.7 Å². The molecule has 1 N–H and O–H groups in total. The molecule has 9 nitrogen and oxygen atoms in total. The molecule has 9 heteroatoms. The van der Waals surface area contributed by atoms with E-state index in [0.717, 1.165) is 61.3 Å². The number of nitro benzene ring substituents is 1. The Kier molecular flexibility index (Phi) is 8.24. The molecule has 0 bridgehead atoms. The summed E-state index contributed by atoms with van der Waals surface area (Å²) in [5.41, 5.74) is 5.72. The summed E-state index contributed by atoms with van der Waals surface area (Å²) in [4.78, 5) is 23.3. The van der Waals surface area contributed by atoms with E-state index < -0.39 is 0 Å². The van der Waals surface area contributed by atoms with Gasteiger partial charge in [0.25, 0.3) is 0 Å². The van der Waals surface area contributed by atoms with Crippen LogP contribution in [0.25, 0.3) is 0 Å². The molecule has 1 atom stereocenters. The van der Waals surface area contributed by atoms with Gasteiger partial charge in [-0.25, -0.2) is 4.98 Å². The number of nitrogens with one attached hydrogen (secondary N) is 1. The number of hydrogen-bond donors (Lipinski definition) is 1. The minimum Gasteiger partial charge on any atom is -0.471 e. The lowest BCUT2D eigenvalue weighted by Gasteiger charge is -2.46. The van der Waals surface area contributed by atoms with Gasteiger partial charge in [0.1, 0.15) is 23.7 Å². The van der Waals surface area contributed by atoms with Gasteiger partial charge < -0.3 is 19.7 Å². The van der Waals surface area contributed by atoms with Crippen LogP contribution in [0.1, 0.15) is 54.3 Å². The molecule has 1 spiro atoms. The monoisotopic (exact) mass is 579 g/mol. The zero-order chi connectivity index (χ0) is 29.8. The van der Waals surface area contributed by atoms with Crippen molar-refractivity contribution in [2.75, 3.05) is 29.9 Å². The molecule has 2 aromatic heterocycles. The van der Waals surface area contributed by atoms with Crippen molar-refractivity contribution in [1.82, 2.24) is 9.97 Å². The number of hydrogen-bond acceptors (Lipinski definition) is 8. The predicted octanol–water partition coefficient (Wildman–Crippen LogP) is 7.46. The van der Waals surface area contributed by atoms with E-state index in [1.54, 1.807) is 6.07 Å². The second-order valence-corrected chi connectivity index (χ2v) is 11.7. The molecule has 2 aromatic carbocycles. The van der Waals surface area contributed by atoms with Crippen molar-refractivity contribution in [2.45, 2.75) is 52.2 Å². The van der Waals surface area contributed by atoms with Gasteiger partial charge in [-0.1, -0.05) is 42.5 Å². The first-order valence-corrected chi connectivity index (χ1v) is 14.9. The van der Waals surface area contributed by atoms with E-state index in [0.29, 0.717) is 36.2 Å². The highest BCUT2D eigenvalue weighted by Crippen LogP contribution is 2.46. The van der Waals surface area contributed by atoms with E-state index in [9.17, 15) is 10.1 Å². The molecular weight excluding hydrogens is 542 g/mol. The Bertz CT molecular complexity index is 1560. The second-order valence-electron chi connectivity index (χ2n) is 11.7. The van der Waals surface area contributed by atoms with Crippen LogP contribution in [-0.2, 0) is 11.3 Å². The smallest absolute Gasteiger partial charge is 0.315 e. The van der Waals surface area contributed by atoms with Crippen LogP contribution in [0.15, 0.2) is 79.0 Å². The van der Waals surface area contributed by atoms with E-state index in [4.69, 9.17) is 9.47 Å². The number of para-hydroxylation sites is 1. The molecule has 2 saturated heterocycles. The Morgan fingerprint density at radius 2 is 1.77 bits per heavy atom. The first-order valence-electron chi connectivity index (χ1n) is 14.9. The zero-order valence-electron chi connectivity index (χ0n) is 24.7. The predicted molar refractivity (Wildman–Crippen MR) is 167 cm³/mol. The van der Waals surface area contributed by atoms with Crippen molar-refractivity contribution >= 4 is 22.7 Å². The molecule has 0 saturated carbocycles. The third-order valence-electron chi connectivity index (χ3n) is 8.68. The Balaban J connectivity index is 1.16. The van der Waals surface area contributed by atoms with Gasteiger partial charge in [-0.3, -0.25) is 15.1 Å². The van der Waals surface area contributed by atoms with Crippen LogP contribution < -0.4 is 15.0 Å². The van der Waals surface area contributed by atoms with Crippen molar-refractivity contribution in [2.24, 2.45) is 5.41 Å². The molecule has 2 aliphatic heterocycles. The number of aryl methyl sites for hydroxylation is 2. The van der Waals surface area contributed by atoms with Crippen LogP contribution >= 0.6 is 0 Å². The van der Waals surface area contributed by atoms with Crippen molar-refractivity contribution in [3.05, 3.63) is 112 Å². The Morgan fingerprint density at radius 3 is 2.47 bits per heavy atom. The number of aromatic nitrogens is 2. The second kappa shape index (κ2) is 12.4. The number of nitrogens with zero attached hydrogens (tertiary/aromatic N) is 4. The quantitative estimate of drug-likeness (QED) is 0.169. The van der Waals surface area contributed by atoms with Gasteiger partial charge in [0.2, 0.25) is 5.88 Å². The first-order chi connectivity index (χ1) is 20.9. The van der Waals surface area contributed by atoms with Gasteiger partial charge in [-0.15, -0.1) is 0 Å². The molecule has 222 valence electrons.